The van der Waals surface area contributed by atoms with E-state index in [2.05, 4.69) is 14.9 Å². The van der Waals surface area contributed by atoms with Crippen LogP contribution in [0.2, 0.25) is 0 Å². The Balaban J connectivity index is 1.74. The lowest BCUT2D eigenvalue weighted by Gasteiger charge is -2.41. The number of nitrogens with one attached hydrogen (secondary N) is 1. The number of methoxy groups -OCH3 is 1. The van der Waals surface area contributed by atoms with Crippen molar-refractivity contribution in [1.82, 2.24) is 24.7 Å². The highest BCUT2D eigenvalue weighted by Crippen LogP contribution is 2.19. The van der Waals surface area contributed by atoms with E-state index in [4.69, 9.17) is 4.74 Å². The lowest BCUT2D eigenvalue weighted by Crippen LogP contribution is -2.61. The van der Waals surface area contributed by atoms with E-state index in [9.17, 15) is 9.59 Å². The SMILES string of the molecule is COCC(=O)N1CCN(C)CC1C(=O)N1CCc2nc[nH]c2C1. The summed E-state index contributed by atoms with van der Waals surface area (Å²) >= 11 is 0. The zero-order valence-corrected chi connectivity index (χ0v) is 13.6. The number of aromatic amines is 1. The Morgan fingerprint density at radius 2 is 2.22 bits per heavy atom. The molecule has 1 atom stereocenters. The lowest BCUT2D eigenvalue weighted by molar-refractivity contribution is -0.151. The number of aromatic nitrogens is 2. The molecule has 0 radical (unpaired) electrons. The fraction of sp³-hybridized carbons (Fsp3) is 0.667. The number of hydrogen-bond donors (Lipinski definition) is 1. The van der Waals surface area contributed by atoms with Gasteiger partial charge in [-0.3, -0.25) is 9.59 Å². The minimum Gasteiger partial charge on any atom is -0.375 e. The highest BCUT2D eigenvalue weighted by molar-refractivity contribution is 5.88. The van der Waals surface area contributed by atoms with Crippen molar-refractivity contribution in [2.75, 3.05) is 46.9 Å². The highest BCUT2D eigenvalue weighted by atomic mass is 16.5. The van der Waals surface area contributed by atoms with E-state index >= 15 is 0 Å². The monoisotopic (exact) mass is 321 g/mol. The summed E-state index contributed by atoms with van der Waals surface area (Å²) in [5, 5.41) is 0. The maximum Gasteiger partial charge on any atom is 0.249 e. The Bertz CT molecular complexity index is 587. The van der Waals surface area contributed by atoms with Crippen LogP contribution < -0.4 is 0 Å². The number of amides is 2. The predicted octanol–water partition coefficient (Wildman–Crippen LogP) is -0.917. The first-order chi connectivity index (χ1) is 11.1. The van der Waals surface area contributed by atoms with Gasteiger partial charge in [-0.25, -0.2) is 4.98 Å². The molecule has 0 saturated carbocycles. The molecule has 2 aliphatic heterocycles. The van der Waals surface area contributed by atoms with Crippen molar-refractivity contribution in [2.45, 2.75) is 19.0 Å². The van der Waals surface area contributed by atoms with Crippen molar-refractivity contribution < 1.29 is 14.3 Å². The second-order valence-corrected chi connectivity index (χ2v) is 6.14. The van der Waals surface area contributed by atoms with Crippen molar-refractivity contribution >= 4 is 11.8 Å². The number of ether oxygens (including phenoxy) is 1. The number of carbonyl (C=O) groups excluding carboxylic acids is 2. The molecule has 0 aromatic carbocycles. The van der Waals surface area contributed by atoms with Crippen LogP contribution in [0.15, 0.2) is 6.33 Å². The van der Waals surface area contributed by atoms with Gasteiger partial charge in [0.1, 0.15) is 12.6 Å². The molecule has 1 unspecified atom stereocenters. The normalized spacial score (nSPS) is 22.1. The van der Waals surface area contributed by atoms with E-state index in [1.807, 2.05) is 11.9 Å². The molecular weight excluding hydrogens is 298 g/mol. The van der Waals surface area contributed by atoms with Crippen LogP contribution >= 0.6 is 0 Å². The lowest BCUT2D eigenvalue weighted by atomic mass is 10.1. The number of carbonyl (C=O) groups is 2. The Kier molecular flexibility index (Phi) is 4.63. The standard InChI is InChI=1S/C15H23N5O3/c1-18-5-6-20(14(21)9-23-2)13(8-18)15(22)19-4-3-11-12(7-19)17-10-16-11/h10,13H,3-9H2,1-2H3,(H,16,17). The zero-order chi connectivity index (χ0) is 16.4. The molecule has 1 aromatic heterocycles. The average molecular weight is 321 g/mol. The summed E-state index contributed by atoms with van der Waals surface area (Å²) in [4.78, 5) is 38.2. The summed E-state index contributed by atoms with van der Waals surface area (Å²) in [6, 6.07) is -0.444. The van der Waals surface area contributed by atoms with Gasteiger partial charge in [-0.05, 0) is 7.05 Å². The third kappa shape index (κ3) is 3.23. The number of fused-ring (bicyclic) bond motifs is 1. The second-order valence-electron chi connectivity index (χ2n) is 6.14. The topological polar surface area (TPSA) is 81.8 Å². The fourth-order valence-corrected chi connectivity index (χ4v) is 3.25. The first kappa shape index (κ1) is 15.9. The smallest absolute Gasteiger partial charge is 0.249 e. The van der Waals surface area contributed by atoms with Gasteiger partial charge >= 0.3 is 0 Å². The van der Waals surface area contributed by atoms with Crippen LogP contribution in [0.3, 0.4) is 0 Å². The van der Waals surface area contributed by atoms with Crippen LogP contribution in [-0.4, -0.2) is 89.5 Å². The molecule has 1 aromatic rings. The van der Waals surface area contributed by atoms with Gasteiger partial charge < -0.3 is 24.4 Å². The number of imidazole rings is 1. The maximum atomic E-state index is 13.0. The van der Waals surface area contributed by atoms with Gasteiger partial charge in [0.25, 0.3) is 0 Å². The first-order valence-electron chi connectivity index (χ1n) is 7.87. The number of hydrogen-bond acceptors (Lipinski definition) is 5. The molecule has 2 aliphatic rings. The molecule has 0 aliphatic carbocycles. The van der Waals surface area contributed by atoms with Crippen molar-refractivity contribution in [3.63, 3.8) is 0 Å². The Labute approximate surface area is 135 Å². The van der Waals surface area contributed by atoms with Gasteiger partial charge in [-0.1, -0.05) is 0 Å². The number of likely N-dealkylation sites (N-methyl/N-ethyl adjacent to an activating group) is 1. The van der Waals surface area contributed by atoms with Crippen molar-refractivity contribution in [2.24, 2.45) is 0 Å². The quantitative estimate of drug-likeness (QED) is 0.779. The largest absolute Gasteiger partial charge is 0.375 e. The Hall–Kier alpha value is -1.93. The van der Waals surface area contributed by atoms with Crippen LogP contribution in [-0.2, 0) is 27.3 Å². The molecule has 3 rings (SSSR count). The van der Waals surface area contributed by atoms with Crippen molar-refractivity contribution in [1.29, 1.82) is 0 Å². The van der Waals surface area contributed by atoms with Gasteiger partial charge in [0.15, 0.2) is 0 Å². The molecule has 126 valence electrons. The number of piperazine rings is 1. The minimum absolute atomic E-state index is 0.00116. The van der Waals surface area contributed by atoms with Crippen molar-refractivity contribution in [3.05, 3.63) is 17.7 Å². The van der Waals surface area contributed by atoms with Gasteiger partial charge in [0.2, 0.25) is 11.8 Å². The Morgan fingerprint density at radius 3 is 3.00 bits per heavy atom. The van der Waals surface area contributed by atoms with Gasteiger partial charge in [0.05, 0.1) is 24.3 Å². The molecule has 0 spiro atoms. The molecule has 1 N–H and O–H groups in total. The highest BCUT2D eigenvalue weighted by Gasteiger charge is 2.37. The number of H-pyrrole nitrogens is 1. The van der Waals surface area contributed by atoms with Gasteiger partial charge in [-0.2, -0.15) is 0 Å². The van der Waals surface area contributed by atoms with Crippen LogP contribution in [0, 0.1) is 0 Å². The molecule has 1 fully saturated rings. The summed E-state index contributed by atoms with van der Waals surface area (Å²) in [7, 11) is 3.47. The third-order valence-corrected chi connectivity index (χ3v) is 4.54. The summed E-state index contributed by atoms with van der Waals surface area (Å²) in [6.45, 7) is 3.06. The second kappa shape index (κ2) is 6.67. The summed E-state index contributed by atoms with van der Waals surface area (Å²) in [5.41, 5.74) is 2.02. The molecule has 3 heterocycles. The zero-order valence-electron chi connectivity index (χ0n) is 13.6. The Morgan fingerprint density at radius 1 is 1.39 bits per heavy atom. The maximum absolute atomic E-state index is 13.0. The van der Waals surface area contributed by atoms with Crippen LogP contribution in [0.5, 0.6) is 0 Å². The van der Waals surface area contributed by atoms with Gasteiger partial charge in [-0.15, -0.1) is 0 Å². The molecule has 8 nitrogen and oxygen atoms in total. The van der Waals surface area contributed by atoms with Crippen LogP contribution in [0.1, 0.15) is 11.4 Å². The molecule has 1 saturated heterocycles. The summed E-state index contributed by atoms with van der Waals surface area (Å²) in [6.07, 6.45) is 2.42. The molecule has 23 heavy (non-hydrogen) atoms. The molecule has 8 heteroatoms. The molecule has 2 amide bonds. The van der Waals surface area contributed by atoms with E-state index in [0.717, 1.165) is 24.4 Å². The third-order valence-electron chi connectivity index (χ3n) is 4.54. The van der Waals surface area contributed by atoms with E-state index in [1.54, 1.807) is 11.2 Å². The minimum atomic E-state index is -0.444. The predicted molar refractivity (Wildman–Crippen MR) is 82.6 cm³/mol. The van der Waals surface area contributed by atoms with Gasteiger partial charge in [0, 0.05) is 39.7 Å². The van der Waals surface area contributed by atoms with E-state index in [-0.39, 0.29) is 18.4 Å². The molecular formula is C15H23N5O3. The summed E-state index contributed by atoms with van der Waals surface area (Å²) in [5.74, 6) is -0.126. The van der Waals surface area contributed by atoms with E-state index in [0.29, 0.717) is 26.2 Å². The fourth-order valence-electron chi connectivity index (χ4n) is 3.25. The van der Waals surface area contributed by atoms with E-state index in [1.165, 1.54) is 7.11 Å². The average Bonchev–Trinajstić information content (AvgIpc) is 3.01. The summed E-state index contributed by atoms with van der Waals surface area (Å²) < 4.78 is 4.95. The van der Waals surface area contributed by atoms with E-state index < -0.39 is 6.04 Å². The van der Waals surface area contributed by atoms with Crippen molar-refractivity contribution in [3.8, 4) is 0 Å². The number of rotatable bonds is 3. The molecule has 0 bridgehead atoms. The van der Waals surface area contributed by atoms with Crippen LogP contribution in [0.4, 0.5) is 0 Å². The van der Waals surface area contributed by atoms with Crippen LogP contribution in [0.25, 0.3) is 0 Å². The number of nitrogens with zero attached hydrogens (tertiary/aromatic N) is 4. The first-order valence-corrected chi connectivity index (χ1v) is 7.87.